The standard InChI is InChI=1S/C17H19IN2O/c18-13-10-9-11-5-1-2-6-12(11)16(13)17(21)20-15-8-4-3-7-14(15)19/h1-2,5-6,9-10,14-15H,3-4,7-8,19H2,(H,20,21)/t14-,15-/m1/s1. The summed E-state index contributed by atoms with van der Waals surface area (Å²) in [5.41, 5.74) is 6.91. The summed E-state index contributed by atoms with van der Waals surface area (Å²) < 4.78 is 0.980. The zero-order valence-corrected chi connectivity index (χ0v) is 14.0. The molecule has 0 bridgehead atoms. The number of hydrogen-bond acceptors (Lipinski definition) is 2. The molecule has 0 unspecified atom stereocenters. The summed E-state index contributed by atoms with van der Waals surface area (Å²) >= 11 is 2.23. The summed E-state index contributed by atoms with van der Waals surface area (Å²) in [5, 5.41) is 5.25. The molecule has 0 saturated heterocycles. The second kappa shape index (κ2) is 6.32. The number of hydrogen-bond donors (Lipinski definition) is 2. The van der Waals surface area contributed by atoms with E-state index in [1.165, 1.54) is 6.42 Å². The van der Waals surface area contributed by atoms with Crippen LogP contribution in [0.15, 0.2) is 36.4 Å². The quantitative estimate of drug-likeness (QED) is 0.767. The molecule has 4 heteroatoms. The molecule has 0 heterocycles. The Balaban J connectivity index is 1.92. The van der Waals surface area contributed by atoms with E-state index in [1.807, 2.05) is 30.3 Å². The van der Waals surface area contributed by atoms with Crippen LogP contribution in [0, 0.1) is 3.57 Å². The van der Waals surface area contributed by atoms with Crippen molar-refractivity contribution in [2.45, 2.75) is 37.8 Å². The van der Waals surface area contributed by atoms with Gasteiger partial charge < -0.3 is 11.1 Å². The summed E-state index contributed by atoms with van der Waals surface area (Å²) in [5.74, 6) is -0.00134. The fraction of sp³-hybridized carbons (Fsp3) is 0.353. The third kappa shape index (κ3) is 3.06. The monoisotopic (exact) mass is 394 g/mol. The van der Waals surface area contributed by atoms with Gasteiger partial charge in [0, 0.05) is 15.7 Å². The van der Waals surface area contributed by atoms with Crippen molar-refractivity contribution in [2.75, 3.05) is 0 Å². The van der Waals surface area contributed by atoms with Gasteiger partial charge >= 0.3 is 0 Å². The van der Waals surface area contributed by atoms with Crippen molar-refractivity contribution in [1.82, 2.24) is 5.32 Å². The number of rotatable bonds is 2. The number of nitrogens with two attached hydrogens (primary N) is 1. The van der Waals surface area contributed by atoms with Gasteiger partial charge in [-0.15, -0.1) is 0 Å². The molecule has 110 valence electrons. The van der Waals surface area contributed by atoms with E-state index in [0.29, 0.717) is 0 Å². The Morgan fingerprint density at radius 3 is 2.71 bits per heavy atom. The Kier molecular flexibility index (Phi) is 4.45. The van der Waals surface area contributed by atoms with Crippen LogP contribution < -0.4 is 11.1 Å². The predicted molar refractivity (Wildman–Crippen MR) is 94.4 cm³/mol. The first-order chi connectivity index (χ1) is 10.2. The SMILES string of the molecule is N[C@@H]1CCCC[C@H]1NC(=O)c1c(I)ccc2ccccc12. The molecule has 0 radical (unpaired) electrons. The summed E-state index contributed by atoms with van der Waals surface area (Å²) in [6.07, 6.45) is 4.29. The topological polar surface area (TPSA) is 55.1 Å². The number of fused-ring (bicyclic) bond motifs is 1. The van der Waals surface area contributed by atoms with Crippen LogP contribution in [-0.4, -0.2) is 18.0 Å². The Morgan fingerprint density at radius 1 is 1.14 bits per heavy atom. The lowest BCUT2D eigenvalue weighted by Crippen LogP contribution is -2.49. The second-order valence-electron chi connectivity index (χ2n) is 5.67. The summed E-state index contributed by atoms with van der Waals surface area (Å²) in [6.45, 7) is 0. The largest absolute Gasteiger partial charge is 0.348 e. The Morgan fingerprint density at radius 2 is 1.90 bits per heavy atom. The third-order valence-corrected chi connectivity index (χ3v) is 5.14. The van der Waals surface area contributed by atoms with E-state index < -0.39 is 0 Å². The number of carbonyl (C=O) groups excluding carboxylic acids is 1. The molecule has 2 atom stereocenters. The van der Waals surface area contributed by atoms with E-state index in [4.69, 9.17) is 5.73 Å². The minimum absolute atomic E-state index is 0.00134. The molecule has 1 aliphatic rings. The number of benzene rings is 2. The molecule has 0 aromatic heterocycles. The molecule has 1 fully saturated rings. The van der Waals surface area contributed by atoms with E-state index >= 15 is 0 Å². The Labute approximate surface area is 138 Å². The minimum atomic E-state index is -0.00134. The number of halogens is 1. The molecular weight excluding hydrogens is 375 g/mol. The lowest BCUT2D eigenvalue weighted by molar-refractivity contribution is 0.0922. The summed E-state index contributed by atoms with van der Waals surface area (Å²) in [7, 11) is 0. The van der Waals surface area contributed by atoms with Gasteiger partial charge in [-0.1, -0.05) is 43.2 Å². The molecule has 3 rings (SSSR count). The van der Waals surface area contributed by atoms with E-state index in [2.05, 4.69) is 34.0 Å². The highest BCUT2D eigenvalue weighted by Gasteiger charge is 2.25. The smallest absolute Gasteiger partial charge is 0.253 e. The minimum Gasteiger partial charge on any atom is -0.348 e. The maximum absolute atomic E-state index is 12.7. The van der Waals surface area contributed by atoms with Crippen LogP contribution in [0.2, 0.25) is 0 Å². The highest BCUT2D eigenvalue weighted by atomic mass is 127. The number of carbonyl (C=O) groups is 1. The van der Waals surface area contributed by atoms with Crippen LogP contribution in [0.5, 0.6) is 0 Å². The first kappa shape index (κ1) is 14.8. The second-order valence-corrected chi connectivity index (χ2v) is 6.83. The van der Waals surface area contributed by atoms with Gasteiger partial charge in [-0.05, 0) is 52.3 Å². The molecule has 2 aromatic rings. The average molecular weight is 394 g/mol. The zero-order valence-electron chi connectivity index (χ0n) is 11.8. The number of amides is 1. The molecule has 3 N–H and O–H groups in total. The molecule has 1 saturated carbocycles. The highest BCUT2D eigenvalue weighted by Crippen LogP contribution is 2.25. The van der Waals surface area contributed by atoms with Gasteiger partial charge in [0.2, 0.25) is 0 Å². The fourth-order valence-corrected chi connectivity index (χ4v) is 3.77. The molecule has 1 aliphatic carbocycles. The van der Waals surface area contributed by atoms with E-state index in [-0.39, 0.29) is 18.0 Å². The summed E-state index contributed by atoms with van der Waals surface area (Å²) in [6, 6.07) is 12.2. The van der Waals surface area contributed by atoms with Gasteiger partial charge in [0.05, 0.1) is 5.56 Å². The average Bonchev–Trinajstić information content (AvgIpc) is 2.49. The van der Waals surface area contributed by atoms with Crippen molar-refractivity contribution in [2.24, 2.45) is 5.73 Å². The fourth-order valence-electron chi connectivity index (χ4n) is 3.06. The Hall–Kier alpha value is -1.14. The molecule has 2 aromatic carbocycles. The maximum atomic E-state index is 12.7. The van der Waals surface area contributed by atoms with E-state index in [9.17, 15) is 4.79 Å². The molecule has 21 heavy (non-hydrogen) atoms. The van der Waals surface area contributed by atoms with Gasteiger partial charge in [0.15, 0.2) is 0 Å². The van der Waals surface area contributed by atoms with Gasteiger partial charge in [-0.3, -0.25) is 4.79 Å². The first-order valence-corrected chi connectivity index (χ1v) is 8.48. The lowest BCUT2D eigenvalue weighted by atomic mass is 9.90. The van der Waals surface area contributed by atoms with E-state index in [1.54, 1.807) is 0 Å². The van der Waals surface area contributed by atoms with Gasteiger partial charge in [0.25, 0.3) is 5.91 Å². The van der Waals surface area contributed by atoms with Crippen LogP contribution in [0.25, 0.3) is 10.8 Å². The van der Waals surface area contributed by atoms with Crippen LogP contribution in [0.1, 0.15) is 36.0 Å². The van der Waals surface area contributed by atoms with Gasteiger partial charge in [0.1, 0.15) is 0 Å². The molecule has 0 spiro atoms. The molecular formula is C17H19IN2O. The molecule has 1 amide bonds. The Bertz CT molecular complexity index is 671. The van der Waals surface area contributed by atoms with Crippen molar-refractivity contribution < 1.29 is 4.79 Å². The van der Waals surface area contributed by atoms with Crippen LogP contribution >= 0.6 is 22.6 Å². The predicted octanol–water partition coefficient (Wildman–Crippen LogP) is 3.44. The highest BCUT2D eigenvalue weighted by molar-refractivity contribution is 14.1. The van der Waals surface area contributed by atoms with Crippen molar-refractivity contribution in [3.05, 3.63) is 45.5 Å². The third-order valence-electron chi connectivity index (χ3n) is 4.24. The first-order valence-electron chi connectivity index (χ1n) is 7.40. The van der Waals surface area contributed by atoms with E-state index in [0.717, 1.165) is 39.2 Å². The zero-order chi connectivity index (χ0) is 14.8. The van der Waals surface area contributed by atoms with Crippen molar-refractivity contribution in [1.29, 1.82) is 0 Å². The van der Waals surface area contributed by atoms with Crippen molar-refractivity contribution in [3.8, 4) is 0 Å². The van der Waals surface area contributed by atoms with Gasteiger partial charge in [-0.2, -0.15) is 0 Å². The van der Waals surface area contributed by atoms with Crippen LogP contribution in [-0.2, 0) is 0 Å². The lowest BCUT2D eigenvalue weighted by Gasteiger charge is -2.29. The van der Waals surface area contributed by atoms with Crippen LogP contribution in [0.4, 0.5) is 0 Å². The van der Waals surface area contributed by atoms with Crippen molar-refractivity contribution in [3.63, 3.8) is 0 Å². The summed E-state index contributed by atoms with van der Waals surface area (Å²) in [4.78, 5) is 12.7. The maximum Gasteiger partial charge on any atom is 0.253 e. The number of nitrogens with one attached hydrogen (secondary N) is 1. The normalized spacial score (nSPS) is 22.2. The van der Waals surface area contributed by atoms with Crippen LogP contribution in [0.3, 0.4) is 0 Å². The molecule has 0 aliphatic heterocycles. The van der Waals surface area contributed by atoms with Crippen molar-refractivity contribution >= 4 is 39.3 Å². The molecule has 3 nitrogen and oxygen atoms in total. The van der Waals surface area contributed by atoms with Gasteiger partial charge in [-0.25, -0.2) is 0 Å².